The van der Waals surface area contributed by atoms with Gasteiger partial charge in [-0.1, -0.05) is 20.8 Å². The molecule has 0 aromatic rings. The van der Waals surface area contributed by atoms with Crippen molar-refractivity contribution in [2.45, 2.75) is 69.9 Å². The highest BCUT2D eigenvalue weighted by molar-refractivity contribution is 6.74. The fraction of sp³-hybridized carbons (Fsp3) is 0.941. The van der Waals surface area contributed by atoms with Crippen molar-refractivity contribution in [1.29, 1.82) is 0 Å². The summed E-state index contributed by atoms with van der Waals surface area (Å²) >= 11 is 0. The van der Waals surface area contributed by atoms with Crippen LogP contribution < -0.4 is 0 Å². The Hall–Kier alpha value is -0.473. The lowest BCUT2D eigenvalue weighted by atomic mass is 9.90. The van der Waals surface area contributed by atoms with Gasteiger partial charge in [-0.15, -0.1) is 0 Å². The summed E-state index contributed by atoms with van der Waals surface area (Å²) in [6, 6.07) is 0. The van der Waals surface area contributed by atoms with Crippen LogP contribution in [0.4, 0.5) is 0 Å². The van der Waals surface area contributed by atoms with E-state index in [1.165, 1.54) is 0 Å². The molecule has 0 N–H and O–H groups in total. The minimum atomic E-state index is -1.88. The molecule has 0 radical (unpaired) electrons. The summed E-state index contributed by atoms with van der Waals surface area (Å²) in [5.74, 6) is 0.104. The second-order valence-electron chi connectivity index (χ2n) is 8.57. The first-order chi connectivity index (χ1) is 11.0. The largest absolute Gasteiger partial charge is 0.414 e. The van der Waals surface area contributed by atoms with Gasteiger partial charge >= 0.3 is 0 Å². The highest BCUT2D eigenvalue weighted by Gasteiger charge is 2.58. The maximum atomic E-state index is 12.2. The predicted octanol–water partition coefficient (Wildman–Crippen LogP) is 2.24. The molecule has 0 aliphatic carbocycles. The second kappa shape index (κ2) is 7.03. The Morgan fingerprint density at radius 2 is 1.79 bits per heavy atom. The highest BCUT2D eigenvalue weighted by atomic mass is 28.4. The van der Waals surface area contributed by atoms with E-state index in [9.17, 15) is 4.79 Å². The van der Waals surface area contributed by atoms with Crippen LogP contribution in [0.1, 0.15) is 27.2 Å². The molecule has 6 nitrogen and oxygen atoms in total. The van der Waals surface area contributed by atoms with Gasteiger partial charge in [0.1, 0.15) is 6.10 Å². The van der Waals surface area contributed by atoms with Crippen LogP contribution >= 0.6 is 0 Å². The zero-order chi connectivity index (χ0) is 18.3. The minimum absolute atomic E-state index is 0.0149. The molecule has 5 atom stereocenters. The number of nitrogens with zero attached hydrogens (tertiary/aromatic N) is 1. The predicted molar refractivity (Wildman–Crippen MR) is 94.3 cm³/mol. The number of amides is 1. The van der Waals surface area contributed by atoms with Gasteiger partial charge in [0.05, 0.1) is 18.8 Å². The topological polar surface area (TPSA) is 60.5 Å². The number of epoxide rings is 1. The van der Waals surface area contributed by atoms with Gasteiger partial charge in [0.15, 0.2) is 14.6 Å². The summed E-state index contributed by atoms with van der Waals surface area (Å²) in [5, 5.41) is 0.135. The van der Waals surface area contributed by atoms with E-state index >= 15 is 0 Å². The smallest absolute Gasteiger partial charge is 0.222 e. The SMILES string of the molecule is CO[C@H]1O[C@H](CO[Si](C)(C)C(C)(C)C)[C@H](CC(=O)N(C)C)[C@@H]2O[C@H]12. The number of ether oxygens (including phenoxy) is 3. The summed E-state index contributed by atoms with van der Waals surface area (Å²) in [6.45, 7) is 11.6. The molecule has 7 heteroatoms. The molecule has 140 valence electrons. The van der Waals surface area contributed by atoms with Crippen molar-refractivity contribution in [3.63, 3.8) is 0 Å². The van der Waals surface area contributed by atoms with E-state index in [1.807, 2.05) is 0 Å². The quantitative estimate of drug-likeness (QED) is 0.538. The summed E-state index contributed by atoms with van der Waals surface area (Å²) < 4.78 is 23.5. The van der Waals surface area contributed by atoms with Gasteiger partial charge in [-0.25, -0.2) is 0 Å². The Morgan fingerprint density at radius 1 is 1.17 bits per heavy atom. The van der Waals surface area contributed by atoms with Crippen LogP contribution in [-0.2, 0) is 23.4 Å². The summed E-state index contributed by atoms with van der Waals surface area (Å²) in [5.41, 5.74) is 0. The molecular formula is C17H33NO5Si. The molecule has 2 aliphatic rings. The minimum Gasteiger partial charge on any atom is -0.414 e. The maximum Gasteiger partial charge on any atom is 0.222 e. The lowest BCUT2D eigenvalue weighted by molar-refractivity contribution is -0.196. The van der Waals surface area contributed by atoms with Gasteiger partial charge in [-0.2, -0.15) is 0 Å². The molecule has 0 bridgehead atoms. The standard InChI is InChI=1S/C17H33NO5Si/c1-17(2,3)24(7,8)21-10-12-11(9-13(19)18(4)5)14-15(23-14)16(20-6)22-12/h11-12,14-16H,9-10H2,1-8H3/t11-,12+,14-,15-,16-/m0/s1. The first-order valence-corrected chi connectivity index (χ1v) is 11.6. The molecule has 2 saturated heterocycles. The van der Waals surface area contributed by atoms with E-state index in [0.717, 1.165) is 0 Å². The van der Waals surface area contributed by atoms with Crippen molar-refractivity contribution in [3.05, 3.63) is 0 Å². The fourth-order valence-corrected chi connectivity index (χ4v) is 3.77. The molecule has 0 aromatic heterocycles. The van der Waals surface area contributed by atoms with Gasteiger partial charge in [-0.3, -0.25) is 4.79 Å². The lowest BCUT2D eigenvalue weighted by Crippen LogP contribution is -2.49. The van der Waals surface area contributed by atoms with E-state index in [2.05, 4.69) is 33.9 Å². The summed E-state index contributed by atoms with van der Waals surface area (Å²) in [6.07, 6.45) is -0.166. The number of methoxy groups -OCH3 is 1. The Morgan fingerprint density at radius 3 is 2.29 bits per heavy atom. The third-order valence-corrected chi connectivity index (χ3v) is 10.1. The molecule has 0 spiro atoms. The summed E-state index contributed by atoms with van der Waals surface area (Å²) in [4.78, 5) is 13.8. The zero-order valence-electron chi connectivity index (χ0n) is 16.3. The molecule has 0 saturated carbocycles. The third-order valence-electron chi connectivity index (χ3n) is 5.59. The molecule has 2 aliphatic heterocycles. The van der Waals surface area contributed by atoms with Crippen LogP contribution in [-0.4, -0.2) is 71.5 Å². The van der Waals surface area contributed by atoms with Crippen molar-refractivity contribution in [1.82, 2.24) is 4.90 Å². The Labute approximate surface area is 146 Å². The van der Waals surface area contributed by atoms with E-state index in [1.54, 1.807) is 26.1 Å². The monoisotopic (exact) mass is 359 g/mol. The van der Waals surface area contributed by atoms with E-state index < -0.39 is 8.32 Å². The third kappa shape index (κ3) is 4.19. The average Bonchev–Trinajstić information content (AvgIpc) is 3.25. The van der Waals surface area contributed by atoms with E-state index in [0.29, 0.717) is 13.0 Å². The number of carbonyl (C=O) groups is 1. The molecule has 24 heavy (non-hydrogen) atoms. The maximum absolute atomic E-state index is 12.2. The second-order valence-corrected chi connectivity index (χ2v) is 13.4. The average molecular weight is 360 g/mol. The van der Waals surface area contributed by atoms with Gasteiger partial charge in [0.25, 0.3) is 0 Å². The van der Waals surface area contributed by atoms with Crippen LogP contribution in [0.15, 0.2) is 0 Å². The highest BCUT2D eigenvalue weighted by Crippen LogP contribution is 2.44. The molecule has 0 unspecified atom stereocenters. The fourth-order valence-electron chi connectivity index (χ4n) is 2.75. The number of hydrogen-bond acceptors (Lipinski definition) is 5. The number of hydrogen-bond donors (Lipinski definition) is 0. The molecule has 0 aromatic carbocycles. The number of fused-ring (bicyclic) bond motifs is 1. The Bertz CT molecular complexity index is 462. The Kier molecular flexibility index (Phi) is 5.82. The Balaban J connectivity index is 2.06. The van der Waals surface area contributed by atoms with Crippen LogP contribution in [0.3, 0.4) is 0 Å². The van der Waals surface area contributed by atoms with Crippen molar-refractivity contribution >= 4 is 14.2 Å². The number of carbonyl (C=O) groups excluding carboxylic acids is 1. The van der Waals surface area contributed by atoms with Crippen LogP contribution in [0.5, 0.6) is 0 Å². The molecule has 2 rings (SSSR count). The molecule has 2 fully saturated rings. The van der Waals surface area contributed by atoms with Crippen LogP contribution in [0, 0.1) is 5.92 Å². The summed E-state index contributed by atoms with van der Waals surface area (Å²) in [7, 11) is 3.30. The molecular weight excluding hydrogens is 326 g/mol. The molecule has 1 amide bonds. The van der Waals surface area contributed by atoms with E-state index in [-0.39, 0.29) is 41.5 Å². The first kappa shape index (κ1) is 19.8. The van der Waals surface area contributed by atoms with Gasteiger partial charge in [-0.05, 0) is 18.1 Å². The molecule has 2 heterocycles. The van der Waals surface area contributed by atoms with Crippen LogP contribution in [0.2, 0.25) is 18.1 Å². The van der Waals surface area contributed by atoms with Crippen molar-refractivity contribution < 1.29 is 23.4 Å². The first-order valence-electron chi connectivity index (χ1n) is 8.66. The van der Waals surface area contributed by atoms with Gasteiger partial charge in [0.2, 0.25) is 5.91 Å². The zero-order valence-corrected chi connectivity index (χ0v) is 17.3. The normalized spacial score (nSPS) is 33.1. The van der Waals surface area contributed by atoms with Crippen molar-refractivity contribution in [3.8, 4) is 0 Å². The number of rotatable bonds is 6. The van der Waals surface area contributed by atoms with Gasteiger partial charge < -0.3 is 23.5 Å². The van der Waals surface area contributed by atoms with Crippen molar-refractivity contribution in [2.75, 3.05) is 27.8 Å². The van der Waals surface area contributed by atoms with E-state index in [4.69, 9.17) is 18.6 Å². The lowest BCUT2D eigenvalue weighted by Gasteiger charge is -2.39. The van der Waals surface area contributed by atoms with Gasteiger partial charge in [0, 0.05) is 33.5 Å². The van der Waals surface area contributed by atoms with Crippen molar-refractivity contribution in [2.24, 2.45) is 5.92 Å². The van der Waals surface area contributed by atoms with Crippen LogP contribution in [0.25, 0.3) is 0 Å².